The van der Waals surface area contributed by atoms with E-state index in [0.717, 1.165) is 23.1 Å². The van der Waals surface area contributed by atoms with Crippen molar-refractivity contribution in [2.24, 2.45) is 0 Å². The molecule has 0 N–H and O–H groups in total. The van der Waals surface area contributed by atoms with Crippen LogP contribution in [-0.4, -0.2) is 58.0 Å². The number of nitrogens with zero attached hydrogens (tertiary/aromatic N) is 2. The highest BCUT2D eigenvalue weighted by Crippen LogP contribution is 2.36. The van der Waals surface area contributed by atoms with Crippen LogP contribution in [0.25, 0.3) is 4.13 Å². The molecule has 0 aliphatic rings. The molecule has 0 fully saturated rings. The molecule has 1 rings (SSSR count). The van der Waals surface area contributed by atoms with E-state index in [1.807, 2.05) is 0 Å². The predicted octanol–water partition coefficient (Wildman–Crippen LogP) is 3.64. The Kier molecular flexibility index (Phi) is 13.3. The number of hydrogen-bond donors (Lipinski definition) is 0. The van der Waals surface area contributed by atoms with Crippen molar-refractivity contribution >= 4 is 28.9 Å². The van der Waals surface area contributed by atoms with Crippen LogP contribution >= 0.6 is 0 Å². The van der Waals surface area contributed by atoms with Gasteiger partial charge in [0, 0.05) is 45.9 Å². The first-order valence-corrected chi connectivity index (χ1v) is 14.7. The lowest BCUT2D eigenvalue weighted by Gasteiger charge is -2.23. The Morgan fingerprint density at radius 2 is 1.29 bits per heavy atom. The number of pyridine rings is 1. The van der Waals surface area contributed by atoms with Crippen LogP contribution in [0.1, 0.15) is 31.7 Å². The first-order valence-electron chi connectivity index (χ1n) is 9.90. The molecular weight excluding hydrogens is 550 g/mol. The van der Waals surface area contributed by atoms with Crippen molar-refractivity contribution in [3.8, 4) is 0 Å². The Balaban J connectivity index is 0.000000691. The van der Waals surface area contributed by atoms with Gasteiger partial charge in [0.05, 0.1) is 0 Å². The molecule has 0 aliphatic heterocycles. The largest absolute Gasteiger partial charge is 0.500 e. The van der Waals surface area contributed by atoms with E-state index in [0.29, 0.717) is 0 Å². The summed E-state index contributed by atoms with van der Waals surface area (Å²) in [5.74, 6) is 0. The minimum Gasteiger partial charge on any atom is -0.421 e. The smallest absolute Gasteiger partial charge is 0.421 e. The summed E-state index contributed by atoms with van der Waals surface area (Å²) in [6, 6.07) is 5.26. The molecule has 0 aromatic carbocycles. The molecular formula is C17H28F6N2O7S2Si. The van der Waals surface area contributed by atoms with Crippen molar-refractivity contribution in [1.29, 1.82) is 0 Å². The summed E-state index contributed by atoms with van der Waals surface area (Å²) < 4.78 is 128. The van der Waals surface area contributed by atoms with Gasteiger partial charge in [-0.25, -0.2) is 21.4 Å². The summed E-state index contributed by atoms with van der Waals surface area (Å²) in [6.45, 7) is 3.18. The lowest BCUT2D eigenvalue weighted by molar-refractivity contribution is -0.697. The summed E-state index contributed by atoms with van der Waals surface area (Å²) in [7, 11) is -10.9. The number of halogens is 6. The minimum atomic E-state index is -6.72. The van der Waals surface area contributed by atoms with Gasteiger partial charge in [0.1, 0.15) is 6.54 Å². The standard InChI is InChI=1S/C15H28NO3Si.C2F6NO4S2/c1-5-6-8-15-9-12-16(13-10-15)11-7-14-20(17-2,18-3)19-4;3-1(4,5)14(10,11)9-15(12,13)2(6,7)8/h9-10,12-13H,5-8,11,14H2,1-4H3;/q+1;-1. The van der Waals surface area contributed by atoms with Gasteiger partial charge in [-0.15, -0.1) is 0 Å². The maximum absolute atomic E-state index is 11.4. The second-order valence-electron chi connectivity index (χ2n) is 6.86. The molecule has 1 heterocycles. The molecule has 0 spiro atoms. The maximum Gasteiger partial charge on any atom is 0.500 e. The Hall–Kier alpha value is -1.31. The third-order valence-electron chi connectivity index (χ3n) is 4.39. The van der Waals surface area contributed by atoms with E-state index < -0.39 is 39.9 Å². The van der Waals surface area contributed by atoms with E-state index in [4.69, 9.17) is 13.3 Å². The summed E-state index contributed by atoms with van der Waals surface area (Å²) >= 11 is 0. The molecule has 35 heavy (non-hydrogen) atoms. The molecule has 0 saturated carbocycles. The number of unbranched alkanes of at least 4 members (excludes halogenated alkanes) is 1. The van der Waals surface area contributed by atoms with E-state index in [9.17, 15) is 43.2 Å². The van der Waals surface area contributed by atoms with Gasteiger partial charge in [-0.2, -0.15) is 26.3 Å². The van der Waals surface area contributed by atoms with E-state index in [-0.39, 0.29) is 0 Å². The van der Waals surface area contributed by atoms with Crippen molar-refractivity contribution in [3.63, 3.8) is 0 Å². The topological polar surface area (TPSA) is 114 Å². The fraction of sp³-hybridized carbons (Fsp3) is 0.706. The third kappa shape index (κ3) is 11.1. The number of rotatable bonds is 12. The van der Waals surface area contributed by atoms with Gasteiger partial charge in [0.15, 0.2) is 32.4 Å². The fourth-order valence-corrected chi connectivity index (χ4v) is 5.85. The van der Waals surface area contributed by atoms with Crippen LogP contribution in [0.5, 0.6) is 0 Å². The van der Waals surface area contributed by atoms with Crippen molar-refractivity contribution in [2.75, 3.05) is 21.3 Å². The molecule has 0 saturated heterocycles. The Morgan fingerprint density at radius 3 is 1.63 bits per heavy atom. The average Bonchev–Trinajstić information content (AvgIpc) is 2.75. The van der Waals surface area contributed by atoms with Crippen LogP contribution < -0.4 is 4.57 Å². The lowest BCUT2D eigenvalue weighted by Crippen LogP contribution is -2.44. The van der Waals surface area contributed by atoms with Crippen LogP contribution in [0.3, 0.4) is 0 Å². The van der Waals surface area contributed by atoms with Crippen LogP contribution in [-0.2, 0) is 46.3 Å². The molecule has 0 atom stereocenters. The molecule has 0 radical (unpaired) electrons. The second kappa shape index (κ2) is 13.8. The molecule has 1 aromatic rings. The highest BCUT2D eigenvalue weighted by atomic mass is 32.3. The molecule has 18 heteroatoms. The first-order chi connectivity index (χ1) is 15.9. The van der Waals surface area contributed by atoms with E-state index in [2.05, 4.69) is 36.0 Å². The SMILES string of the molecule is CCCCc1cc[n+](CCC[Si](OC)(OC)OC)cc1.O=S(=O)([N-]S(=O)(=O)C(F)(F)F)C(F)(F)F. The molecule has 1 aromatic heterocycles. The predicted molar refractivity (Wildman–Crippen MR) is 115 cm³/mol. The zero-order chi connectivity index (χ0) is 27.6. The van der Waals surface area contributed by atoms with Gasteiger partial charge in [0.2, 0.25) is 0 Å². The van der Waals surface area contributed by atoms with Crippen molar-refractivity contribution in [3.05, 3.63) is 34.2 Å². The van der Waals surface area contributed by atoms with Gasteiger partial charge in [0.25, 0.3) is 0 Å². The number of hydrogen-bond acceptors (Lipinski definition) is 7. The fourth-order valence-electron chi connectivity index (χ4n) is 2.43. The third-order valence-corrected chi connectivity index (χ3v) is 9.96. The minimum absolute atomic E-state index is 0.778. The summed E-state index contributed by atoms with van der Waals surface area (Å²) in [5.41, 5.74) is -11.0. The number of aromatic nitrogens is 1. The van der Waals surface area contributed by atoms with Crippen molar-refractivity contribution < 1.29 is 61.0 Å². The highest BCUT2D eigenvalue weighted by Gasteiger charge is 2.47. The van der Waals surface area contributed by atoms with E-state index in [1.165, 1.54) is 24.8 Å². The molecule has 0 bridgehead atoms. The zero-order valence-corrected chi connectivity index (χ0v) is 22.0. The molecule has 206 valence electrons. The van der Waals surface area contributed by atoms with Crippen LogP contribution in [0.4, 0.5) is 26.3 Å². The zero-order valence-electron chi connectivity index (χ0n) is 19.4. The van der Waals surface area contributed by atoms with Gasteiger partial charge in [-0.1, -0.05) is 13.3 Å². The molecule has 0 unspecified atom stereocenters. The van der Waals surface area contributed by atoms with E-state index in [1.54, 1.807) is 21.3 Å². The van der Waals surface area contributed by atoms with Gasteiger partial charge in [-0.3, -0.25) is 0 Å². The lowest BCUT2D eigenvalue weighted by atomic mass is 10.1. The molecule has 9 nitrogen and oxygen atoms in total. The highest BCUT2D eigenvalue weighted by molar-refractivity contribution is 8.13. The quantitative estimate of drug-likeness (QED) is 0.211. The van der Waals surface area contributed by atoms with Crippen LogP contribution in [0.15, 0.2) is 24.5 Å². The summed E-state index contributed by atoms with van der Waals surface area (Å²) in [4.78, 5) is 0. The number of sulfonamides is 2. The Bertz CT molecular complexity index is 918. The first kappa shape index (κ1) is 33.7. The Morgan fingerprint density at radius 1 is 0.857 bits per heavy atom. The average molecular weight is 579 g/mol. The van der Waals surface area contributed by atoms with Crippen molar-refractivity contribution in [2.45, 2.75) is 56.2 Å². The maximum atomic E-state index is 11.4. The van der Waals surface area contributed by atoms with E-state index >= 15 is 0 Å². The molecule has 0 amide bonds. The summed E-state index contributed by atoms with van der Waals surface area (Å²) in [6.07, 6.45) is 8.96. The Labute approximate surface area is 201 Å². The number of alkyl halides is 6. The van der Waals surface area contributed by atoms with Gasteiger partial charge < -0.3 is 17.4 Å². The van der Waals surface area contributed by atoms with Crippen molar-refractivity contribution in [1.82, 2.24) is 0 Å². The van der Waals surface area contributed by atoms with Gasteiger partial charge in [-0.05, 0) is 18.4 Å². The van der Waals surface area contributed by atoms with Gasteiger partial charge >= 0.3 is 19.8 Å². The normalized spacial score (nSPS) is 13.3. The van der Waals surface area contributed by atoms with Crippen LogP contribution in [0, 0.1) is 0 Å². The monoisotopic (exact) mass is 578 g/mol. The summed E-state index contributed by atoms with van der Waals surface area (Å²) in [5, 5.41) is 0. The van der Waals surface area contributed by atoms with Crippen LogP contribution in [0.2, 0.25) is 6.04 Å². The number of aryl methyl sites for hydroxylation is 2. The second-order valence-corrected chi connectivity index (χ2v) is 13.4. The molecule has 0 aliphatic carbocycles.